The number of non-ortho nitro benzene ring substituents is 1. The van der Waals surface area contributed by atoms with E-state index in [0.29, 0.717) is 28.7 Å². The van der Waals surface area contributed by atoms with Crippen LogP contribution in [0.2, 0.25) is 0 Å². The second-order valence-electron chi connectivity index (χ2n) is 5.91. The molecule has 26 heavy (non-hydrogen) atoms. The number of H-pyrrole nitrogens is 1. The number of aromatic nitrogens is 2. The number of fused-ring (bicyclic) bond motifs is 1. The van der Waals surface area contributed by atoms with Crippen LogP contribution < -0.4 is 4.74 Å². The predicted molar refractivity (Wildman–Crippen MR) is 97.2 cm³/mol. The molecule has 0 aliphatic rings. The molecule has 4 aromatic rings. The number of nitrogens with one attached hydrogen (secondary N) is 1. The number of imidazole rings is 1. The fraction of sp³-hybridized carbons (Fsp3) is 0.105. The Hall–Kier alpha value is -3.61. The molecule has 0 saturated heterocycles. The predicted octanol–water partition coefficient (Wildman–Crippen LogP) is 4.72. The molecule has 0 bridgehead atoms. The van der Waals surface area contributed by atoms with Crippen LogP contribution in [0.1, 0.15) is 5.56 Å². The molecule has 0 aliphatic heterocycles. The van der Waals surface area contributed by atoms with Gasteiger partial charge in [0.1, 0.15) is 11.5 Å². The highest BCUT2D eigenvalue weighted by Gasteiger charge is 2.17. The van der Waals surface area contributed by atoms with Gasteiger partial charge in [0.15, 0.2) is 11.6 Å². The molecule has 4 rings (SSSR count). The van der Waals surface area contributed by atoms with Gasteiger partial charge < -0.3 is 14.1 Å². The quantitative estimate of drug-likeness (QED) is 0.425. The molecule has 0 fully saturated rings. The summed E-state index contributed by atoms with van der Waals surface area (Å²) in [6, 6.07) is 13.9. The first-order chi connectivity index (χ1) is 12.5. The van der Waals surface area contributed by atoms with Crippen LogP contribution in [-0.2, 0) is 0 Å². The lowest BCUT2D eigenvalue weighted by Crippen LogP contribution is -1.91. The molecule has 0 aliphatic carbocycles. The Kier molecular flexibility index (Phi) is 3.69. The third-order valence-electron chi connectivity index (χ3n) is 4.14. The zero-order valence-corrected chi connectivity index (χ0v) is 14.1. The zero-order chi connectivity index (χ0) is 18.3. The van der Waals surface area contributed by atoms with Crippen LogP contribution in [0.3, 0.4) is 0 Å². The largest absolute Gasteiger partial charge is 0.496 e. The number of benzene rings is 2. The number of aromatic amines is 1. The van der Waals surface area contributed by atoms with Crippen LogP contribution in [-0.4, -0.2) is 22.0 Å². The Labute approximate surface area is 148 Å². The minimum atomic E-state index is -0.450. The van der Waals surface area contributed by atoms with Crippen LogP contribution in [0, 0.1) is 17.0 Å². The number of nitrogens with zero attached hydrogens (tertiary/aromatic N) is 2. The minimum absolute atomic E-state index is 0.0297. The van der Waals surface area contributed by atoms with E-state index in [1.165, 1.54) is 19.2 Å². The molecule has 0 atom stereocenters. The Morgan fingerprint density at radius 2 is 1.92 bits per heavy atom. The lowest BCUT2D eigenvalue weighted by atomic mass is 10.1. The van der Waals surface area contributed by atoms with Crippen molar-refractivity contribution in [1.82, 2.24) is 9.97 Å². The molecule has 7 nitrogen and oxygen atoms in total. The van der Waals surface area contributed by atoms with Gasteiger partial charge in [-0.05, 0) is 42.8 Å². The number of nitro groups is 1. The fourth-order valence-electron chi connectivity index (χ4n) is 2.85. The van der Waals surface area contributed by atoms with E-state index in [9.17, 15) is 10.1 Å². The summed E-state index contributed by atoms with van der Waals surface area (Å²) < 4.78 is 11.2. The molecule has 130 valence electrons. The van der Waals surface area contributed by atoms with E-state index in [1.807, 2.05) is 25.1 Å². The van der Waals surface area contributed by atoms with E-state index in [-0.39, 0.29) is 5.69 Å². The summed E-state index contributed by atoms with van der Waals surface area (Å²) in [6.45, 7) is 2.01. The molecule has 0 saturated carbocycles. The number of aryl methyl sites for hydroxylation is 1. The summed E-state index contributed by atoms with van der Waals surface area (Å²) in [6.07, 6.45) is 0. The second-order valence-corrected chi connectivity index (χ2v) is 5.91. The van der Waals surface area contributed by atoms with Crippen molar-refractivity contribution in [3.63, 3.8) is 0 Å². The Balaban J connectivity index is 1.78. The average Bonchev–Trinajstić information content (AvgIpc) is 3.27. The normalized spacial score (nSPS) is 11.0. The van der Waals surface area contributed by atoms with Crippen LogP contribution in [0.25, 0.3) is 33.9 Å². The Morgan fingerprint density at radius 3 is 2.69 bits per heavy atom. The highest BCUT2D eigenvalue weighted by molar-refractivity contribution is 5.79. The first-order valence-corrected chi connectivity index (χ1v) is 7.94. The van der Waals surface area contributed by atoms with Crippen molar-refractivity contribution < 1.29 is 14.1 Å². The van der Waals surface area contributed by atoms with E-state index in [1.54, 1.807) is 18.2 Å². The fourth-order valence-corrected chi connectivity index (χ4v) is 2.85. The summed E-state index contributed by atoms with van der Waals surface area (Å²) in [7, 11) is 1.51. The summed E-state index contributed by atoms with van der Waals surface area (Å²) in [5.74, 6) is 2.11. The highest BCUT2D eigenvalue weighted by atomic mass is 16.6. The maximum absolute atomic E-state index is 11.1. The van der Waals surface area contributed by atoms with E-state index in [0.717, 1.165) is 16.6 Å². The van der Waals surface area contributed by atoms with Crippen LogP contribution in [0.15, 0.2) is 52.9 Å². The SMILES string of the molecule is COc1ccc([N+](=O)[O-])cc1-c1ccc(-c2nc3ccc(C)cc3[nH]2)o1. The molecule has 1 N–H and O–H groups in total. The molecule has 0 amide bonds. The molecule has 2 aromatic carbocycles. The van der Waals surface area contributed by atoms with Gasteiger partial charge in [0.2, 0.25) is 0 Å². The zero-order valence-electron chi connectivity index (χ0n) is 14.1. The second kappa shape index (κ2) is 6.03. The first-order valence-electron chi connectivity index (χ1n) is 7.94. The van der Waals surface area contributed by atoms with Crippen LogP contribution in [0.5, 0.6) is 5.75 Å². The van der Waals surface area contributed by atoms with Gasteiger partial charge in [-0.25, -0.2) is 4.98 Å². The highest BCUT2D eigenvalue weighted by Crippen LogP contribution is 2.36. The van der Waals surface area contributed by atoms with Crippen molar-refractivity contribution >= 4 is 16.7 Å². The Morgan fingerprint density at radius 1 is 1.12 bits per heavy atom. The number of hydrogen-bond donors (Lipinski definition) is 1. The van der Waals surface area contributed by atoms with Crippen molar-refractivity contribution in [3.8, 4) is 28.7 Å². The van der Waals surface area contributed by atoms with Crippen molar-refractivity contribution in [3.05, 3.63) is 64.2 Å². The van der Waals surface area contributed by atoms with Gasteiger partial charge in [0, 0.05) is 12.1 Å². The van der Waals surface area contributed by atoms with Crippen LogP contribution in [0.4, 0.5) is 5.69 Å². The smallest absolute Gasteiger partial charge is 0.270 e. The summed E-state index contributed by atoms with van der Waals surface area (Å²) in [5, 5.41) is 11.1. The number of ether oxygens (including phenoxy) is 1. The standard InChI is InChI=1S/C19H15N3O4/c1-11-3-5-14-15(9-11)21-19(20-14)18-8-7-17(26-18)13-10-12(22(23)24)4-6-16(13)25-2/h3-10H,1-2H3,(H,20,21). The Bertz CT molecular complexity index is 1130. The number of hydrogen-bond acceptors (Lipinski definition) is 5. The van der Waals surface area contributed by atoms with E-state index in [4.69, 9.17) is 9.15 Å². The molecule has 2 heterocycles. The monoisotopic (exact) mass is 349 g/mol. The van der Waals surface area contributed by atoms with Gasteiger partial charge in [0.05, 0.1) is 28.6 Å². The topological polar surface area (TPSA) is 94.2 Å². The van der Waals surface area contributed by atoms with Crippen molar-refractivity contribution in [2.75, 3.05) is 7.11 Å². The molecular formula is C19H15N3O4. The van der Waals surface area contributed by atoms with Crippen LogP contribution >= 0.6 is 0 Å². The van der Waals surface area contributed by atoms with Crippen molar-refractivity contribution in [2.45, 2.75) is 6.92 Å². The van der Waals surface area contributed by atoms with Crippen molar-refractivity contribution in [1.29, 1.82) is 0 Å². The maximum Gasteiger partial charge on any atom is 0.270 e. The molecule has 0 radical (unpaired) electrons. The summed E-state index contributed by atoms with van der Waals surface area (Å²) >= 11 is 0. The van der Waals surface area contributed by atoms with Gasteiger partial charge >= 0.3 is 0 Å². The molecule has 0 unspecified atom stereocenters. The maximum atomic E-state index is 11.1. The van der Waals surface area contributed by atoms with Gasteiger partial charge in [-0.3, -0.25) is 10.1 Å². The molecule has 0 spiro atoms. The lowest BCUT2D eigenvalue weighted by Gasteiger charge is -2.05. The molecule has 2 aromatic heterocycles. The first kappa shape index (κ1) is 15.9. The minimum Gasteiger partial charge on any atom is -0.496 e. The number of rotatable bonds is 4. The van der Waals surface area contributed by atoms with Crippen molar-refractivity contribution in [2.24, 2.45) is 0 Å². The molecular weight excluding hydrogens is 334 g/mol. The summed E-state index contributed by atoms with van der Waals surface area (Å²) in [5.41, 5.74) is 3.38. The molecule has 7 heteroatoms. The lowest BCUT2D eigenvalue weighted by molar-refractivity contribution is -0.384. The van der Waals surface area contributed by atoms with Gasteiger partial charge in [-0.2, -0.15) is 0 Å². The number of methoxy groups -OCH3 is 1. The summed E-state index contributed by atoms with van der Waals surface area (Å²) in [4.78, 5) is 18.4. The van der Waals surface area contributed by atoms with E-state index >= 15 is 0 Å². The van der Waals surface area contributed by atoms with E-state index in [2.05, 4.69) is 9.97 Å². The number of furan rings is 1. The average molecular weight is 349 g/mol. The third-order valence-corrected chi connectivity index (χ3v) is 4.14. The van der Waals surface area contributed by atoms with E-state index < -0.39 is 4.92 Å². The van der Waals surface area contributed by atoms with Gasteiger partial charge in [-0.15, -0.1) is 0 Å². The van der Waals surface area contributed by atoms with Gasteiger partial charge in [-0.1, -0.05) is 6.07 Å². The number of nitro benzene ring substituents is 1. The third kappa shape index (κ3) is 2.69. The van der Waals surface area contributed by atoms with Gasteiger partial charge in [0.25, 0.3) is 5.69 Å².